The molecule has 0 aromatic rings. The first kappa shape index (κ1) is 15.6. The monoisotopic (exact) mass is 251 g/mol. The Kier molecular flexibility index (Phi) is 6.48. The molecule has 0 heterocycles. The second kappa shape index (κ2) is 7.05. The highest BCUT2D eigenvalue weighted by molar-refractivity contribution is 5.80. The van der Waals surface area contributed by atoms with Crippen LogP contribution in [0.1, 0.15) is 20.8 Å². The van der Waals surface area contributed by atoms with Crippen LogP contribution in [0, 0.1) is 0 Å². The average molecular weight is 251 g/mol. The lowest BCUT2D eigenvalue weighted by Gasteiger charge is -2.21. The molecule has 2 N–H and O–H groups in total. The molecule has 0 aromatic heterocycles. The van der Waals surface area contributed by atoms with E-state index in [0.717, 1.165) is 0 Å². The zero-order valence-electron chi connectivity index (χ0n) is 10.2. The van der Waals surface area contributed by atoms with E-state index >= 15 is 0 Å². The van der Waals surface area contributed by atoms with Crippen molar-refractivity contribution in [1.29, 1.82) is 0 Å². The summed E-state index contributed by atoms with van der Waals surface area (Å²) in [7, 11) is 0. The van der Waals surface area contributed by atoms with Gasteiger partial charge in [0.15, 0.2) is 6.04 Å². The molecule has 7 heteroatoms. The Morgan fingerprint density at radius 1 is 1.41 bits per heavy atom. The fourth-order valence-corrected chi connectivity index (χ4v) is 0.880. The van der Waals surface area contributed by atoms with Crippen LogP contribution in [0.25, 0.3) is 0 Å². The number of carboxylic acid groups (broad SMARTS) is 1. The van der Waals surface area contributed by atoms with Crippen molar-refractivity contribution in [2.45, 2.75) is 32.4 Å². The summed E-state index contributed by atoms with van der Waals surface area (Å²) in [6.45, 7) is 3.74. The fraction of sp³-hybridized carbons (Fsp3) is 0.800. The summed E-state index contributed by atoms with van der Waals surface area (Å²) in [5, 5.41) is 10.9. The van der Waals surface area contributed by atoms with Gasteiger partial charge in [-0.3, -0.25) is 0 Å². The van der Waals surface area contributed by atoms with Crippen molar-refractivity contribution in [3.05, 3.63) is 0 Å². The van der Waals surface area contributed by atoms with Gasteiger partial charge in [-0.25, -0.2) is 14.0 Å². The third kappa shape index (κ3) is 8.44. The van der Waals surface area contributed by atoms with Crippen LogP contribution in [0.2, 0.25) is 0 Å². The summed E-state index contributed by atoms with van der Waals surface area (Å²) in [5.41, 5.74) is -0.715. The predicted molar refractivity (Wildman–Crippen MR) is 57.6 cm³/mol. The minimum absolute atomic E-state index is 0.209. The highest BCUT2D eigenvalue weighted by Gasteiger charge is 2.23. The Balaban J connectivity index is 4.16. The van der Waals surface area contributed by atoms with Gasteiger partial charge >= 0.3 is 12.1 Å². The number of aliphatic carboxylic acids is 1. The highest BCUT2D eigenvalue weighted by atomic mass is 19.1. The Labute approximate surface area is 99.1 Å². The molecule has 0 aliphatic carbocycles. The van der Waals surface area contributed by atoms with Crippen LogP contribution >= 0.6 is 0 Å². The summed E-state index contributed by atoms with van der Waals surface area (Å²) < 4.78 is 21.3. The number of carbonyl (C=O) groups is 2. The van der Waals surface area contributed by atoms with Crippen molar-refractivity contribution in [3.63, 3.8) is 0 Å². The molecule has 17 heavy (non-hydrogen) atoms. The minimum Gasteiger partial charge on any atom is -0.480 e. The van der Waals surface area contributed by atoms with Crippen LogP contribution < -0.4 is 5.32 Å². The van der Waals surface area contributed by atoms with Crippen molar-refractivity contribution in [2.24, 2.45) is 0 Å². The maximum atomic E-state index is 11.7. The van der Waals surface area contributed by atoms with E-state index in [9.17, 15) is 14.0 Å². The summed E-state index contributed by atoms with van der Waals surface area (Å²) in [6.07, 6.45) is -0.853. The summed E-state index contributed by atoms with van der Waals surface area (Å²) in [4.78, 5) is 22.0. The Morgan fingerprint density at radius 2 is 2.00 bits per heavy atom. The average Bonchev–Trinajstić information content (AvgIpc) is 2.13. The number of ether oxygens (including phenoxy) is 2. The van der Waals surface area contributed by atoms with Gasteiger partial charge in [-0.1, -0.05) is 0 Å². The molecule has 100 valence electrons. The zero-order chi connectivity index (χ0) is 13.5. The van der Waals surface area contributed by atoms with Crippen LogP contribution in [-0.2, 0) is 14.3 Å². The van der Waals surface area contributed by atoms with Gasteiger partial charge in [0.25, 0.3) is 0 Å². The van der Waals surface area contributed by atoms with Crippen LogP contribution in [0.3, 0.4) is 0 Å². The topological polar surface area (TPSA) is 84.9 Å². The lowest BCUT2D eigenvalue weighted by molar-refractivity contribution is -0.141. The van der Waals surface area contributed by atoms with Crippen molar-refractivity contribution in [3.8, 4) is 0 Å². The molecule has 0 aliphatic heterocycles. The van der Waals surface area contributed by atoms with E-state index in [2.05, 4.69) is 5.32 Å². The fourth-order valence-electron chi connectivity index (χ4n) is 0.880. The van der Waals surface area contributed by atoms with Gasteiger partial charge in [-0.05, 0) is 20.8 Å². The number of nitrogens with one attached hydrogen (secondary N) is 1. The van der Waals surface area contributed by atoms with E-state index in [0.29, 0.717) is 0 Å². The van der Waals surface area contributed by atoms with E-state index in [-0.39, 0.29) is 13.2 Å². The third-order valence-electron chi connectivity index (χ3n) is 1.50. The third-order valence-corrected chi connectivity index (χ3v) is 1.50. The van der Waals surface area contributed by atoms with Crippen molar-refractivity contribution in [2.75, 3.05) is 19.9 Å². The molecule has 0 aliphatic rings. The maximum Gasteiger partial charge on any atom is 0.408 e. The second-order valence-corrected chi connectivity index (χ2v) is 4.30. The largest absolute Gasteiger partial charge is 0.480 e. The first-order valence-electron chi connectivity index (χ1n) is 5.12. The molecule has 0 fully saturated rings. The SMILES string of the molecule is CC(C)(C)OC(=O)N[C@H](COCCF)C(=O)O. The molecule has 0 bridgehead atoms. The number of halogens is 1. The van der Waals surface area contributed by atoms with Gasteiger partial charge in [0.2, 0.25) is 0 Å². The Bertz CT molecular complexity index is 264. The lowest BCUT2D eigenvalue weighted by Crippen LogP contribution is -2.46. The zero-order valence-corrected chi connectivity index (χ0v) is 10.2. The number of carboxylic acids is 1. The van der Waals surface area contributed by atoms with Gasteiger partial charge in [0.05, 0.1) is 13.2 Å². The molecule has 0 saturated carbocycles. The Morgan fingerprint density at radius 3 is 2.41 bits per heavy atom. The molecule has 0 radical (unpaired) electrons. The molecule has 1 amide bonds. The number of alkyl carbamates (subject to hydrolysis) is 1. The maximum absolute atomic E-state index is 11.7. The number of amides is 1. The number of alkyl halides is 1. The van der Waals surface area contributed by atoms with Crippen molar-refractivity contribution >= 4 is 12.1 Å². The van der Waals surface area contributed by atoms with Gasteiger partial charge < -0.3 is 19.9 Å². The molecule has 0 rings (SSSR count). The highest BCUT2D eigenvalue weighted by Crippen LogP contribution is 2.06. The lowest BCUT2D eigenvalue weighted by atomic mass is 10.2. The van der Waals surface area contributed by atoms with Crippen LogP contribution in [-0.4, -0.2) is 48.7 Å². The number of carbonyl (C=O) groups excluding carboxylic acids is 1. The molecular weight excluding hydrogens is 233 g/mol. The molecule has 6 nitrogen and oxygen atoms in total. The van der Waals surface area contributed by atoms with Gasteiger partial charge in [0.1, 0.15) is 12.3 Å². The van der Waals surface area contributed by atoms with Gasteiger partial charge in [-0.2, -0.15) is 0 Å². The van der Waals surface area contributed by atoms with Crippen LogP contribution in [0.15, 0.2) is 0 Å². The standard InChI is InChI=1S/C10H18FNO5/c1-10(2,3)17-9(15)12-7(8(13)14)6-16-5-4-11/h7H,4-6H2,1-3H3,(H,12,15)(H,13,14)/t7-/m1/s1. The van der Waals surface area contributed by atoms with E-state index < -0.39 is 30.4 Å². The van der Waals surface area contributed by atoms with Crippen LogP contribution in [0.5, 0.6) is 0 Å². The van der Waals surface area contributed by atoms with Gasteiger partial charge in [0, 0.05) is 0 Å². The molecule has 0 unspecified atom stereocenters. The summed E-state index contributed by atoms with van der Waals surface area (Å²) >= 11 is 0. The first-order valence-corrected chi connectivity index (χ1v) is 5.12. The van der Waals surface area contributed by atoms with E-state index in [1.807, 2.05) is 0 Å². The van der Waals surface area contributed by atoms with E-state index in [4.69, 9.17) is 14.6 Å². The molecule has 1 atom stereocenters. The molecule has 0 aromatic carbocycles. The quantitative estimate of drug-likeness (QED) is 0.686. The predicted octanol–water partition coefficient (Wildman–Crippen LogP) is 0.950. The number of rotatable bonds is 6. The Hall–Kier alpha value is -1.37. The van der Waals surface area contributed by atoms with Crippen molar-refractivity contribution in [1.82, 2.24) is 5.32 Å². The summed E-state index contributed by atoms with van der Waals surface area (Å²) in [6, 6.07) is -1.25. The number of hydrogen-bond donors (Lipinski definition) is 2. The van der Waals surface area contributed by atoms with E-state index in [1.54, 1.807) is 20.8 Å². The normalized spacial score (nSPS) is 12.9. The smallest absolute Gasteiger partial charge is 0.408 e. The van der Waals surface area contributed by atoms with Gasteiger partial charge in [-0.15, -0.1) is 0 Å². The minimum atomic E-state index is -1.27. The summed E-state index contributed by atoms with van der Waals surface area (Å²) in [5.74, 6) is -1.27. The van der Waals surface area contributed by atoms with Crippen LogP contribution in [0.4, 0.5) is 9.18 Å². The second-order valence-electron chi connectivity index (χ2n) is 4.30. The van der Waals surface area contributed by atoms with Crippen molar-refractivity contribution < 1.29 is 28.6 Å². The molecular formula is C10H18FNO5. The molecule has 0 saturated heterocycles. The molecule has 0 spiro atoms. The van der Waals surface area contributed by atoms with E-state index in [1.165, 1.54) is 0 Å². The first-order chi connectivity index (χ1) is 7.76. The number of hydrogen-bond acceptors (Lipinski definition) is 4.